The quantitative estimate of drug-likeness (QED) is 0.633. The van der Waals surface area contributed by atoms with Crippen molar-refractivity contribution in [2.75, 3.05) is 19.6 Å². The third-order valence-corrected chi connectivity index (χ3v) is 5.79. The Labute approximate surface area is 175 Å². The normalized spacial score (nSPS) is 23.2. The molecule has 2 aromatic carbocycles. The zero-order chi connectivity index (χ0) is 21.6. The van der Waals surface area contributed by atoms with Gasteiger partial charge < -0.3 is 10.6 Å². The van der Waals surface area contributed by atoms with Gasteiger partial charge in [0.05, 0.1) is 0 Å². The van der Waals surface area contributed by atoms with Gasteiger partial charge in [-0.1, -0.05) is 42.5 Å². The Bertz CT molecular complexity index is 823. The number of carbonyl (C=O) groups is 1. The van der Waals surface area contributed by atoms with Crippen molar-refractivity contribution in [1.82, 2.24) is 9.80 Å². The van der Waals surface area contributed by atoms with Crippen LogP contribution in [0.2, 0.25) is 0 Å². The van der Waals surface area contributed by atoms with Gasteiger partial charge in [0.25, 0.3) is 0 Å². The van der Waals surface area contributed by atoms with Crippen LogP contribution >= 0.6 is 0 Å². The van der Waals surface area contributed by atoms with E-state index in [0.717, 1.165) is 25.8 Å². The summed E-state index contributed by atoms with van der Waals surface area (Å²) >= 11 is 0. The fourth-order valence-corrected chi connectivity index (χ4v) is 4.04. The highest BCUT2D eigenvalue weighted by Crippen LogP contribution is 2.40. The molecule has 0 spiro atoms. The number of benzene rings is 2. The molecule has 4 aliphatic heterocycles. The molecule has 2 bridgehead atoms. The van der Waals surface area contributed by atoms with Crippen molar-refractivity contribution >= 4 is 6.03 Å². The minimum absolute atomic E-state index is 0.104. The minimum Gasteiger partial charge on any atom is -0.351 e. The molecule has 2 amide bonds. The Hall–Kier alpha value is -2.54. The second kappa shape index (κ2) is 9.98. The van der Waals surface area contributed by atoms with E-state index in [1.54, 1.807) is 23.1 Å². The third-order valence-electron chi connectivity index (χ3n) is 5.79. The first-order valence-electron chi connectivity index (χ1n) is 10.3. The first-order valence-corrected chi connectivity index (χ1v) is 10.3. The predicted octanol–water partition coefficient (Wildman–Crippen LogP) is 4.64. The molecule has 2 aromatic rings. The number of primary amides is 1. The summed E-state index contributed by atoms with van der Waals surface area (Å²) in [5.74, 6) is 0.127. The topological polar surface area (TPSA) is 49.6 Å². The van der Waals surface area contributed by atoms with Crippen LogP contribution in [-0.4, -0.2) is 41.5 Å². The van der Waals surface area contributed by atoms with E-state index in [2.05, 4.69) is 6.07 Å². The number of nitrogens with two attached hydrogens (primary N) is 1. The van der Waals surface area contributed by atoms with Crippen molar-refractivity contribution in [3.8, 4) is 0 Å². The van der Waals surface area contributed by atoms with Crippen LogP contribution in [0.3, 0.4) is 0 Å². The van der Waals surface area contributed by atoms with E-state index in [1.165, 1.54) is 28.2 Å². The summed E-state index contributed by atoms with van der Waals surface area (Å²) in [5.41, 5.74) is 7.76. The fourth-order valence-electron chi connectivity index (χ4n) is 4.04. The Morgan fingerprint density at radius 1 is 0.933 bits per heavy atom. The second-order valence-electron chi connectivity index (χ2n) is 7.87. The maximum Gasteiger partial charge on any atom is 0.315 e. The summed E-state index contributed by atoms with van der Waals surface area (Å²) < 4.78 is 37.6. The highest BCUT2D eigenvalue weighted by Gasteiger charge is 2.46. The lowest BCUT2D eigenvalue weighted by Crippen LogP contribution is -2.53. The van der Waals surface area contributed by atoms with Gasteiger partial charge in [-0.25, -0.2) is 14.1 Å². The number of fused-ring (bicyclic) bond motifs is 4. The van der Waals surface area contributed by atoms with Gasteiger partial charge in [-0.05, 0) is 48.4 Å². The molecule has 3 saturated heterocycles. The maximum atomic E-state index is 12.8. The number of rotatable bonds is 0. The van der Waals surface area contributed by atoms with E-state index in [1.807, 2.05) is 18.2 Å². The zero-order valence-electron chi connectivity index (χ0n) is 16.9. The number of carbonyl (C=O) groups excluding carboxylic acids is 1. The highest BCUT2D eigenvalue weighted by atomic mass is 19.3. The molecule has 0 unspecified atom stereocenters. The monoisotopic (exact) mass is 419 g/mol. The molecule has 162 valence electrons. The number of nitrogens with zero attached hydrogens (tertiary/aromatic N) is 2. The van der Waals surface area contributed by atoms with Crippen LogP contribution in [0.15, 0.2) is 54.6 Å². The highest BCUT2D eigenvalue weighted by molar-refractivity contribution is 5.72. The predicted molar refractivity (Wildman–Crippen MR) is 110 cm³/mol. The number of hydrogen-bond donors (Lipinski definition) is 1. The molecular weight excluding hydrogens is 391 g/mol. The largest absolute Gasteiger partial charge is 0.351 e. The van der Waals surface area contributed by atoms with Crippen molar-refractivity contribution in [2.45, 2.75) is 38.3 Å². The Morgan fingerprint density at radius 3 is 1.97 bits per heavy atom. The number of alkyl halides is 2. The van der Waals surface area contributed by atoms with Gasteiger partial charge in [0.15, 0.2) is 0 Å². The molecule has 2 N–H and O–H groups in total. The van der Waals surface area contributed by atoms with Crippen molar-refractivity contribution in [2.24, 2.45) is 11.7 Å². The van der Waals surface area contributed by atoms with Gasteiger partial charge in [0.1, 0.15) is 5.82 Å². The maximum absolute atomic E-state index is 12.8. The Morgan fingerprint density at radius 2 is 1.53 bits per heavy atom. The average molecular weight is 419 g/mol. The van der Waals surface area contributed by atoms with Gasteiger partial charge in [-0.2, -0.15) is 8.78 Å². The van der Waals surface area contributed by atoms with Crippen LogP contribution in [-0.2, 0) is 13.0 Å². The molecular formula is C23H28F3N3O. The summed E-state index contributed by atoms with van der Waals surface area (Å²) in [6.07, 6.45) is 2.98. The number of amides is 2. The first-order chi connectivity index (χ1) is 14.3. The van der Waals surface area contributed by atoms with E-state index >= 15 is 0 Å². The van der Waals surface area contributed by atoms with Crippen molar-refractivity contribution < 1.29 is 18.0 Å². The molecule has 0 saturated carbocycles. The summed E-state index contributed by atoms with van der Waals surface area (Å²) in [5, 5.41) is 0. The van der Waals surface area contributed by atoms with E-state index in [9.17, 15) is 18.0 Å². The molecule has 3 fully saturated rings. The standard InChI is InChI=1S/C10H12N2O.C7H11F2N.C6H5F/c11-10(13)12-6-5-8-3-1-2-4-9(8)7-12;8-7(9)5-6-1-3-10(7)4-2-6;7-6-4-2-1-3-5-6/h1-4H,5-7H2,(H2,11,13);6H,1-5H2;1-5H. The number of halogens is 3. The summed E-state index contributed by atoms with van der Waals surface area (Å²) in [6.45, 7) is 2.62. The second-order valence-corrected chi connectivity index (χ2v) is 7.87. The molecule has 4 aliphatic rings. The van der Waals surface area contributed by atoms with Crippen LogP contribution < -0.4 is 5.73 Å². The van der Waals surface area contributed by atoms with Gasteiger partial charge in [0, 0.05) is 32.6 Å². The molecule has 0 atom stereocenters. The summed E-state index contributed by atoms with van der Waals surface area (Å²) in [7, 11) is 0. The molecule has 0 radical (unpaired) electrons. The molecule has 4 nitrogen and oxygen atoms in total. The van der Waals surface area contributed by atoms with Gasteiger partial charge in [0.2, 0.25) is 0 Å². The van der Waals surface area contributed by atoms with Gasteiger partial charge >= 0.3 is 12.1 Å². The van der Waals surface area contributed by atoms with E-state index in [0.29, 0.717) is 25.6 Å². The number of piperidine rings is 3. The molecule has 30 heavy (non-hydrogen) atoms. The summed E-state index contributed by atoms with van der Waals surface area (Å²) in [4.78, 5) is 13.9. The number of urea groups is 1. The average Bonchev–Trinajstić information content (AvgIpc) is 2.75. The number of hydrogen-bond acceptors (Lipinski definition) is 2. The third kappa shape index (κ3) is 5.98. The Balaban J connectivity index is 0.000000134. The van der Waals surface area contributed by atoms with Gasteiger partial charge in [-0.3, -0.25) is 0 Å². The van der Waals surface area contributed by atoms with Crippen LogP contribution in [0.1, 0.15) is 30.4 Å². The van der Waals surface area contributed by atoms with Crippen molar-refractivity contribution in [3.05, 3.63) is 71.5 Å². The molecule has 6 rings (SSSR count). The van der Waals surface area contributed by atoms with Crippen LogP contribution in [0.4, 0.5) is 18.0 Å². The molecule has 0 aromatic heterocycles. The van der Waals surface area contributed by atoms with E-state index in [-0.39, 0.29) is 18.3 Å². The first kappa shape index (κ1) is 22.2. The van der Waals surface area contributed by atoms with Crippen molar-refractivity contribution in [3.63, 3.8) is 0 Å². The van der Waals surface area contributed by atoms with E-state index < -0.39 is 6.05 Å². The van der Waals surface area contributed by atoms with Crippen LogP contribution in [0.5, 0.6) is 0 Å². The lowest BCUT2D eigenvalue weighted by molar-refractivity contribution is -0.204. The van der Waals surface area contributed by atoms with Crippen molar-refractivity contribution in [1.29, 1.82) is 0 Å². The molecule has 0 aliphatic carbocycles. The SMILES string of the molecule is FC1(F)CC2CCN1CC2.Fc1ccccc1.NC(=O)N1CCc2ccccc2C1. The molecule has 7 heteroatoms. The molecule has 4 heterocycles. The van der Waals surface area contributed by atoms with Crippen LogP contribution in [0.25, 0.3) is 0 Å². The smallest absolute Gasteiger partial charge is 0.315 e. The zero-order valence-corrected chi connectivity index (χ0v) is 16.9. The summed E-state index contributed by atoms with van der Waals surface area (Å²) in [6, 6.07) is 13.3. The lowest BCUT2D eigenvalue weighted by atomic mass is 9.87. The Kier molecular flexibility index (Phi) is 7.37. The lowest BCUT2D eigenvalue weighted by Gasteiger charge is -2.44. The van der Waals surface area contributed by atoms with E-state index in [4.69, 9.17) is 5.73 Å². The van der Waals surface area contributed by atoms with Crippen LogP contribution in [0, 0.1) is 11.7 Å². The van der Waals surface area contributed by atoms with Gasteiger partial charge in [-0.15, -0.1) is 0 Å². The minimum atomic E-state index is -2.47. The fraction of sp³-hybridized carbons (Fsp3) is 0.435.